The van der Waals surface area contributed by atoms with Crippen LogP contribution in [-0.4, -0.2) is 9.91 Å². The molecule has 0 fully saturated rings. The zero-order chi connectivity index (χ0) is 13.3. The van der Waals surface area contributed by atoms with Crippen LogP contribution in [-0.2, 0) is 6.54 Å². The molecule has 0 radical (unpaired) electrons. The van der Waals surface area contributed by atoms with Gasteiger partial charge in [0.2, 0.25) is 11.7 Å². The van der Waals surface area contributed by atoms with Gasteiger partial charge in [-0.3, -0.25) is 10.1 Å². The van der Waals surface area contributed by atoms with E-state index in [-0.39, 0.29) is 12.4 Å². The van der Waals surface area contributed by atoms with E-state index >= 15 is 0 Å². The number of nitro groups is 1. The molecule has 1 aromatic heterocycles. The normalized spacial score (nSPS) is 10.6. The van der Waals surface area contributed by atoms with E-state index in [0.717, 1.165) is 6.07 Å². The number of halogens is 2. The Balaban J connectivity index is 2.60. The monoisotopic (exact) mass is 255 g/mol. The van der Waals surface area contributed by atoms with Crippen LogP contribution in [0.1, 0.15) is 5.69 Å². The molecule has 6 nitrogen and oxygen atoms in total. The van der Waals surface area contributed by atoms with Gasteiger partial charge in [0.05, 0.1) is 22.2 Å². The number of rotatable bonds is 3. The minimum Gasteiger partial charge on any atom is -0.444 e. The standard InChI is InChI=1S/C10H7F2N3O3/c11-5-1-7(9(12)8(2-5)15(16)17)10-14-6(3-13)4-18-10/h1-2,4H,3,13H2. The molecule has 0 saturated carbocycles. The fraction of sp³-hybridized carbons (Fsp3) is 0.100. The molecule has 1 heterocycles. The van der Waals surface area contributed by atoms with Crippen LogP contribution in [0.2, 0.25) is 0 Å². The van der Waals surface area contributed by atoms with Crippen LogP contribution in [0.4, 0.5) is 14.5 Å². The second-order valence-electron chi connectivity index (χ2n) is 3.39. The van der Waals surface area contributed by atoms with E-state index < -0.39 is 27.8 Å². The van der Waals surface area contributed by atoms with Gasteiger partial charge in [-0.1, -0.05) is 0 Å². The zero-order valence-corrected chi connectivity index (χ0v) is 8.89. The lowest BCUT2D eigenvalue weighted by molar-refractivity contribution is -0.387. The predicted octanol–water partition coefficient (Wildman–Crippen LogP) is 1.99. The quantitative estimate of drug-likeness (QED) is 0.668. The fourth-order valence-electron chi connectivity index (χ4n) is 1.39. The van der Waals surface area contributed by atoms with Crippen molar-refractivity contribution >= 4 is 5.69 Å². The molecule has 0 aliphatic heterocycles. The largest absolute Gasteiger partial charge is 0.444 e. The van der Waals surface area contributed by atoms with Gasteiger partial charge in [-0.2, -0.15) is 4.39 Å². The highest BCUT2D eigenvalue weighted by Gasteiger charge is 2.23. The van der Waals surface area contributed by atoms with Crippen molar-refractivity contribution in [1.82, 2.24) is 4.98 Å². The molecule has 94 valence electrons. The Morgan fingerprint density at radius 2 is 2.17 bits per heavy atom. The molecule has 2 rings (SSSR count). The maximum atomic E-state index is 13.8. The Hall–Kier alpha value is -2.35. The van der Waals surface area contributed by atoms with Crippen molar-refractivity contribution in [3.05, 3.63) is 45.8 Å². The smallest absolute Gasteiger partial charge is 0.308 e. The second kappa shape index (κ2) is 4.49. The van der Waals surface area contributed by atoms with E-state index in [9.17, 15) is 18.9 Å². The molecule has 0 amide bonds. The zero-order valence-electron chi connectivity index (χ0n) is 8.89. The van der Waals surface area contributed by atoms with Gasteiger partial charge in [-0.05, 0) is 6.07 Å². The summed E-state index contributed by atoms with van der Waals surface area (Å²) in [6, 6.07) is 1.26. The molecule has 2 aromatic rings. The van der Waals surface area contributed by atoms with E-state index in [2.05, 4.69) is 4.98 Å². The first-order valence-corrected chi connectivity index (χ1v) is 4.81. The van der Waals surface area contributed by atoms with Crippen molar-refractivity contribution in [2.24, 2.45) is 5.73 Å². The lowest BCUT2D eigenvalue weighted by Gasteiger charge is -2.00. The average Bonchev–Trinajstić information content (AvgIpc) is 2.79. The van der Waals surface area contributed by atoms with Crippen LogP contribution < -0.4 is 5.73 Å². The summed E-state index contributed by atoms with van der Waals surface area (Å²) in [5, 5.41) is 10.5. The van der Waals surface area contributed by atoms with Crippen LogP contribution in [0.5, 0.6) is 0 Å². The summed E-state index contributed by atoms with van der Waals surface area (Å²) in [6.07, 6.45) is 1.17. The van der Waals surface area contributed by atoms with Gasteiger partial charge in [-0.25, -0.2) is 9.37 Å². The van der Waals surface area contributed by atoms with Gasteiger partial charge in [0.15, 0.2) is 0 Å². The summed E-state index contributed by atoms with van der Waals surface area (Å²) in [5.41, 5.74) is 4.23. The topological polar surface area (TPSA) is 95.2 Å². The predicted molar refractivity (Wildman–Crippen MR) is 56.4 cm³/mol. The van der Waals surface area contributed by atoms with Crippen molar-refractivity contribution in [2.75, 3.05) is 0 Å². The third-order valence-electron chi connectivity index (χ3n) is 2.21. The summed E-state index contributed by atoms with van der Waals surface area (Å²) in [6.45, 7) is 0.0581. The molecule has 0 aliphatic carbocycles. The molecule has 0 unspecified atom stereocenters. The minimum absolute atomic E-state index is 0.0581. The molecule has 0 saturated heterocycles. The maximum absolute atomic E-state index is 13.8. The Morgan fingerprint density at radius 1 is 1.44 bits per heavy atom. The number of nitro benzene ring substituents is 1. The molecule has 1 aromatic carbocycles. The van der Waals surface area contributed by atoms with Crippen molar-refractivity contribution < 1.29 is 18.1 Å². The molecule has 8 heteroatoms. The molecule has 0 bridgehead atoms. The highest BCUT2D eigenvalue weighted by atomic mass is 19.1. The highest BCUT2D eigenvalue weighted by Crippen LogP contribution is 2.29. The lowest BCUT2D eigenvalue weighted by Crippen LogP contribution is -1.98. The first-order chi connectivity index (χ1) is 8.52. The van der Waals surface area contributed by atoms with E-state index in [1.54, 1.807) is 0 Å². The summed E-state index contributed by atoms with van der Waals surface area (Å²) in [4.78, 5) is 13.3. The summed E-state index contributed by atoms with van der Waals surface area (Å²) in [7, 11) is 0. The third kappa shape index (κ3) is 2.05. The van der Waals surface area contributed by atoms with Crippen LogP contribution in [0.25, 0.3) is 11.5 Å². The van der Waals surface area contributed by atoms with Crippen LogP contribution in [0.15, 0.2) is 22.8 Å². The van der Waals surface area contributed by atoms with Gasteiger partial charge in [0.1, 0.15) is 12.1 Å². The fourth-order valence-corrected chi connectivity index (χ4v) is 1.39. The number of nitrogens with zero attached hydrogens (tertiary/aromatic N) is 2. The Labute approximate surface area is 99.2 Å². The molecule has 0 atom stereocenters. The van der Waals surface area contributed by atoms with Crippen LogP contribution in [0.3, 0.4) is 0 Å². The Bertz CT molecular complexity index is 612. The van der Waals surface area contributed by atoms with Crippen molar-refractivity contribution in [3.63, 3.8) is 0 Å². The molecular weight excluding hydrogens is 248 g/mol. The number of hydrogen-bond donors (Lipinski definition) is 1. The highest BCUT2D eigenvalue weighted by molar-refractivity contribution is 5.59. The second-order valence-corrected chi connectivity index (χ2v) is 3.39. The van der Waals surface area contributed by atoms with Gasteiger partial charge in [0, 0.05) is 6.54 Å². The maximum Gasteiger partial charge on any atom is 0.308 e. The van der Waals surface area contributed by atoms with Crippen molar-refractivity contribution in [1.29, 1.82) is 0 Å². The van der Waals surface area contributed by atoms with E-state index in [1.807, 2.05) is 0 Å². The van der Waals surface area contributed by atoms with Gasteiger partial charge in [0.25, 0.3) is 0 Å². The first kappa shape index (κ1) is 12.1. The average molecular weight is 255 g/mol. The Kier molecular flexibility index (Phi) is 3.02. The minimum atomic E-state index is -1.20. The Morgan fingerprint density at radius 3 is 2.72 bits per heavy atom. The van der Waals surface area contributed by atoms with Gasteiger partial charge in [-0.15, -0.1) is 0 Å². The lowest BCUT2D eigenvalue weighted by atomic mass is 10.1. The number of benzene rings is 1. The van der Waals surface area contributed by atoms with E-state index in [1.165, 1.54) is 6.26 Å². The molecule has 0 spiro atoms. The van der Waals surface area contributed by atoms with E-state index in [0.29, 0.717) is 11.8 Å². The van der Waals surface area contributed by atoms with Crippen LogP contribution >= 0.6 is 0 Å². The van der Waals surface area contributed by atoms with Crippen molar-refractivity contribution in [2.45, 2.75) is 6.54 Å². The van der Waals surface area contributed by atoms with Crippen LogP contribution in [0, 0.1) is 21.7 Å². The third-order valence-corrected chi connectivity index (χ3v) is 2.21. The summed E-state index contributed by atoms with van der Waals surface area (Å²) in [5.74, 6) is -2.41. The van der Waals surface area contributed by atoms with E-state index in [4.69, 9.17) is 10.2 Å². The molecular formula is C10H7F2N3O3. The molecule has 2 N–H and O–H groups in total. The SMILES string of the molecule is NCc1coc(-c2cc(F)cc([N+](=O)[O-])c2F)n1. The molecule has 0 aliphatic rings. The number of hydrogen-bond acceptors (Lipinski definition) is 5. The number of aromatic nitrogens is 1. The summed E-state index contributed by atoms with van der Waals surface area (Å²) >= 11 is 0. The number of nitrogens with two attached hydrogens (primary N) is 1. The van der Waals surface area contributed by atoms with Gasteiger partial charge >= 0.3 is 5.69 Å². The van der Waals surface area contributed by atoms with Crippen molar-refractivity contribution in [3.8, 4) is 11.5 Å². The first-order valence-electron chi connectivity index (χ1n) is 4.81. The summed E-state index contributed by atoms with van der Waals surface area (Å²) < 4.78 is 31.8. The van der Waals surface area contributed by atoms with Gasteiger partial charge < -0.3 is 10.2 Å². The molecule has 18 heavy (non-hydrogen) atoms. The number of oxazole rings is 1.